The van der Waals surface area contributed by atoms with Gasteiger partial charge in [0.1, 0.15) is 0 Å². The van der Waals surface area contributed by atoms with Gasteiger partial charge in [0.25, 0.3) is 0 Å². The SMILES string of the molecule is CCCCCCCC(=O)[O-].CCCCCCCC(=O)[O-].CCCCCCCC(=O)[O-].[Bi+3]. The van der Waals surface area contributed by atoms with E-state index in [1.54, 1.807) is 0 Å². The van der Waals surface area contributed by atoms with Gasteiger partial charge in [-0.15, -0.1) is 0 Å². The molecule has 0 bridgehead atoms. The fourth-order valence-corrected chi connectivity index (χ4v) is 2.62. The summed E-state index contributed by atoms with van der Waals surface area (Å²) in [5.74, 6) is -2.76. The number of rotatable bonds is 18. The van der Waals surface area contributed by atoms with Gasteiger partial charge in [-0.1, -0.05) is 97.8 Å². The quantitative estimate of drug-likeness (QED) is 0.168. The topological polar surface area (TPSA) is 120 Å². The Bertz CT molecular complexity index is 331. The minimum Gasteiger partial charge on any atom is -0.550 e. The van der Waals surface area contributed by atoms with Crippen molar-refractivity contribution < 1.29 is 29.7 Å². The Labute approximate surface area is 209 Å². The van der Waals surface area contributed by atoms with Crippen molar-refractivity contribution in [1.29, 1.82) is 0 Å². The van der Waals surface area contributed by atoms with E-state index in [0.29, 0.717) is 0 Å². The van der Waals surface area contributed by atoms with Gasteiger partial charge < -0.3 is 29.7 Å². The molecule has 0 aromatic heterocycles. The third kappa shape index (κ3) is 53.0. The zero-order chi connectivity index (χ0) is 23.5. The molecule has 7 heteroatoms. The summed E-state index contributed by atoms with van der Waals surface area (Å²) >= 11 is 0. The summed E-state index contributed by atoms with van der Waals surface area (Å²) in [5, 5.41) is 29.8. The average molecular weight is 639 g/mol. The molecule has 0 unspecified atom stereocenters. The Morgan fingerprint density at radius 1 is 0.419 bits per heavy atom. The summed E-state index contributed by atoms with van der Waals surface area (Å²) in [5.41, 5.74) is 0. The third-order valence-corrected chi connectivity index (χ3v) is 4.45. The monoisotopic (exact) mass is 638 g/mol. The van der Waals surface area contributed by atoms with Crippen LogP contribution >= 0.6 is 0 Å². The van der Waals surface area contributed by atoms with Gasteiger partial charge in [-0.2, -0.15) is 0 Å². The van der Waals surface area contributed by atoms with E-state index in [1.807, 2.05) is 0 Å². The number of carboxylic acid groups (broad SMARTS) is 3. The molecule has 0 heterocycles. The van der Waals surface area contributed by atoms with E-state index in [9.17, 15) is 29.7 Å². The van der Waals surface area contributed by atoms with Gasteiger partial charge >= 0.3 is 26.2 Å². The summed E-state index contributed by atoms with van der Waals surface area (Å²) in [6.45, 7) is 6.41. The first-order chi connectivity index (χ1) is 14.3. The molecule has 0 aromatic carbocycles. The molecule has 0 saturated carbocycles. The van der Waals surface area contributed by atoms with E-state index in [4.69, 9.17) is 0 Å². The first kappa shape index (κ1) is 37.6. The van der Waals surface area contributed by atoms with Crippen molar-refractivity contribution in [2.75, 3.05) is 0 Å². The van der Waals surface area contributed by atoms with Crippen molar-refractivity contribution >= 4 is 44.1 Å². The smallest absolute Gasteiger partial charge is 0.550 e. The molecule has 6 nitrogen and oxygen atoms in total. The van der Waals surface area contributed by atoms with Crippen molar-refractivity contribution in [3.05, 3.63) is 0 Å². The van der Waals surface area contributed by atoms with Crippen LogP contribution in [0.25, 0.3) is 0 Å². The molecule has 0 aromatic rings. The predicted molar refractivity (Wildman–Crippen MR) is 121 cm³/mol. The van der Waals surface area contributed by atoms with Crippen LogP contribution in [0.5, 0.6) is 0 Å². The van der Waals surface area contributed by atoms with Crippen molar-refractivity contribution in [2.24, 2.45) is 0 Å². The molecule has 0 fully saturated rings. The first-order valence-corrected chi connectivity index (χ1v) is 11.9. The van der Waals surface area contributed by atoms with E-state index in [0.717, 1.165) is 57.8 Å². The fraction of sp³-hybridized carbons (Fsp3) is 0.875. The maximum absolute atomic E-state index is 9.92. The Hall–Kier alpha value is -0.707. The van der Waals surface area contributed by atoms with Gasteiger partial charge in [0, 0.05) is 17.9 Å². The summed E-state index contributed by atoms with van der Waals surface area (Å²) in [6.07, 6.45) is 16.8. The molecule has 182 valence electrons. The average Bonchev–Trinajstić information content (AvgIpc) is 2.68. The van der Waals surface area contributed by atoms with Crippen LogP contribution in [0.4, 0.5) is 0 Å². The molecule has 0 N–H and O–H groups in total. The van der Waals surface area contributed by atoms with Gasteiger partial charge in [0.2, 0.25) is 0 Å². The fourth-order valence-electron chi connectivity index (χ4n) is 2.62. The van der Waals surface area contributed by atoms with Crippen LogP contribution in [-0.4, -0.2) is 44.1 Å². The van der Waals surface area contributed by atoms with Crippen molar-refractivity contribution in [3.8, 4) is 0 Å². The van der Waals surface area contributed by atoms with Gasteiger partial charge in [-0.05, 0) is 38.5 Å². The van der Waals surface area contributed by atoms with Crippen LogP contribution in [0.1, 0.15) is 136 Å². The van der Waals surface area contributed by atoms with Crippen molar-refractivity contribution in [2.45, 2.75) is 136 Å². The van der Waals surface area contributed by atoms with E-state index >= 15 is 0 Å². The van der Waals surface area contributed by atoms with Crippen molar-refractivity contribution in [1.82, 2.24) is 0 Å². The molecule has 0 aliphatic carbocycles. The zero-order valence-corrected chi connectivity index (χ0v) is 23.6. The number of hydrogen-bond acceptors (Lipinski definition) is 6. The largest absolute Gasteiger partial charge is 3.00 e. The Morgan fingerprint density at radius 2 is 0.613 bits per heavy atom. The van der Waals surface area contributed by atoms with Crippen LogP contribution in [0.3, 0.4) is 0 Å². The van der Waals surface area contributed by atoms with Crippen LogP contribution in [0, 0.1) is 0 Å². The number of carboxylic acids is 3. The van der Waals surface area contributed by atoms with Gasteiger partial charge in [-0.3, -0.25) is 0 Å². The molecule has 0 amide bonds. The Morgan fingerprint density at radius 3 is 0.774 bits per heavy atom. The molecule has 0 rings (SSSR count). The maximum atomic E-state index is 9.92. The number of carbonyl (C=O) groups is 3. The second-order valence-corrected chi connectivity index (χ2v) is 7.61. The van der Waals surface area contributed by atoms with Gasteiger partial charge in [0.15, 0.2) is 0 Å². The van der Waals surface area contributed by atoms with Crippen LogP contribution in [0.2, 0.25) is 0 Å². The molecule has 2 radical (unpaired) electrons. The predicted octanol–water partition coefficient (Wildman–Crippen LogP) is 2.91. The number of carbonyl (C=O) groups excluding carboxylic acids is 3. The van der Waals surface area contributed by atoms with E-state index in [-0.39, 0.29) is 45.5 Å². The second-order valence-electron chi connectivity index (χ2n) is 7.61. The minimum atomic E-state index is -0.920. The van der Waals surface area contributed by atoms with E-state index in [1.165, 1.54) is 38.5 Å². The molecule has 0 atom stereocenters. The molecule has 0 saturated heterocycles. The Balaban J connectivity index is -0.000000174. The molecule has 0 spiro atoms. The van der Waals surface area contributed by atoms with E-state index in [2.05, 4.69) is 20.8 Å². The van der Waals surface area contributed by atoms with Crippen LogP contribution in [-0.2, 0) is 14.4 Å². The van der Waals surface area contributed by atoms with Crippen LogP contribution < -0.4 is 15.3 Å². The number of unbranched alkanes of at least 4 members (excludes halogenated alkanes) is 12. The molecule has 0 aliphatic heterocycles. The van der Waals surface area contributed by atoms with Crippen molar-refractivity contribution in [3.63, 3.8) is 0 Å². The summed E-state index contributed by atoms with van der Waals surface area (Å²) in [4.78, 5) is 29.8. The van der Waals surface area contributed by atoms with Gasteiger partial charge in [0.05, 0.1) is 0 Å². The van der Waals surface area contributed by atoms with Gasteiger partial charge in [-0.25, -0.2) is 0 Å². The maximum Gasteiger partial charge on any atom is 3.00 e. The van der Waals surface area contributed by atoms with E-state index < -0.39 is 17.9 Å². The Kier molecular flexibility index (Phi) is 41.1. The standard InChI is InChI=1S/3C8H16O2.Bi/c3*1-2-3-4-5-6-7-8(9)10;/h3*2-7H2,1H3,(H,9,10);/q;;;+3/p-3. The second kappa shape index (κ2) is 33.9. The third-order valence-electron chi connectivity index (χ3n) is 4.45. The molecule has 0 aliphatic rings. The number of hydrogen-bond donors (Lipinski definition) is 0. The zero-order valence-electron chi connectivity index (χ0n) is 20.1. The minimum absolute atomic E-state index is 0. The normalized spacial score (nSPS) is 9.39. The molecule has 31 heavy (non-hydrogen) atoms. The van der Waals surface area contributed by atoms with Crippen LogP contribution in [0.15, 0.2) is 0 Å². The molecular weight excluding hydrogens is 593 g/mol. The summed E-state index contributed by atoms with van der Waals surface area (Å²) in [7, 11) is 0. The summed E-state index contributed by atoms with van der Waals surface area (Å²) in [6, 6.07) is 0. The molecular formula is C24H45BiO6. The summed E-state index contributed by atoms with van der Waals surface area (Å²) < 4.78 is 0. The first-order valence-electron chi connectivity index (χ1n) is 11.9. The number of aliphatic carboxylic acids is 3.